The lowest BCUT2D eigenvalue weighted by Gasteiger charge is -2.37. The summed E-state index contributed by atoms with van der Waals surface area (Å²) in [5.41, 5.74) is 2.32. The molecule has 0 saturated carbocycles. The molecular formula is C23H24N2O3. The molecule has 0 spiro atoms. The minimum Gasteiger partial charge on any atom is -0.496 e. The van der Waals surface area contributed by atoms with Crippen LogP contribution < -0.4 is 9.47 Å². The van der Waals surface area contributed by atoms with Crippen molar-refractivity contribution in [1.82, 2.24) is 4.90 Å². The fourth-order valence-electron chi connectivity index (χ4n) is 3.64. The van der Waals surface area contributed by atoms with Gasteiger partial charge in [0.1, 0.15) is 17.6 Å². The minimum atomic E-state index is -0.0455. The van der Waals surface area contributed by atoms with E-state index in [4.69, 9.17) is 9.47 Å². The fraction of sp³-hybridized carbons (Fsp3) is 0.304. The van der Waals surface area contributed by atoms with Crippen LogP contribution in [0.25, 0.3) is 11.1 Å². The SMILES string of the molecule is C=CC(=O)N1CC[C@@H](Oc2cc(C#N)cc(-c3ccccc3OC)c2)C[C@@H]1C. The van der Waals surface area contributed by atoms with Gasteiger partial charge in [-0.2, -0.15) is 5.26 Å². The average molecular weight is 376 g/mol. The Kier molecular flexibility index (Phi) is 6.00. The van der Waals surface area contributed by atoms with E-state index in [0.717, 1.165) is 29.7 Å². The van der Waals surface area contributed by atoms with Crippen molar-refractivity contribution in [2.75, 3.05) is 13.7 Å². The molecule has 0 aromatic heterocycles. The molecule has 3 rings (SSSR count). The van der Waals surface area contributed by atoms with E-state index in [9.17, 15) is 10.1 Å². The summed E-state index contributed by atoms with van der Waals surface area (Å²) in [5, 5.41) is 9.44. The van der Waals surface area contributed by atoms with Crippen LogP contribution in [-0.2, 0) is 4.79 Å². The third-order valence-corrected chi connectivity index (χ3v) is 5.04. The molecule has 144 valence electrons. The van der Waals surface area contributed by atoms with Gasteiger partial charge in [0.05, 0.1) is 18.7 Å². The highest BCUT2D eigenvalue weighted by atomic mass is 16.5. The lowest BCUT2D eigenvalue weighted by atomic mass is 9.99. The molecule has 0 unspecified atom stereocenters. The first-order valence-electron chi connectivity index (χ1n) is 9.34. The van der Waals surface area contributed by atoms with Gasteiger partial charge in [0.25, 0.3) is 0 Å². The molecule has 0 aliphatic carbocycles. The molecule has 2 aromatic rings. The average Bonchev–Trinajstić information content (AvgIpc) is 2.73. The molecule has 1 aliphatic heterocycles. The first-order valence-corrected chi connectivity index (χ1v) is 9.34. The topological polar surface area (TPSA) is 62.6 Å². The molecule has 2 atom stereocenters. The van der Waals surface area contributed by atoms with Crippen LogP contribution in [-0.4, -0.2) is 36.6 Å². The number of para-hydroxylation sites is 1. The van der Waals surface area contributed by atoms with Crippen LogP contribution in [0.3, 0.4) is 0 Å². The zero-order valence-corrected chi connectivity index (χ0v) is 16.2. The summed E-state index contributed by atoms with van der Waals surface area (Å²) in [6, 6.07) is 15.5. The standard InChI is InChI=1S/C23H24N2O3/c1-4-23(26)25-10-9-19(11-16(25)2)28-20-13-17(15-24)12-18(14-20)21-7-5-6-8-22(21)27-3/h4-8,12-14,16,19H,1,9-11H2,2-3H3/t16-,19+/m0/s1. The lowest BCUT2D eigenvalue weighted by Crippen LogP contribution is -2.46. The number of methoxy groups -OCH3 is 1. The molecule has 1 fully saturated rings. The lowest BCUT2D eigenvalue weighted by molar-refractivity contribution is -0.130. The van der Waals surface area contributed by atoms with Gasteiger partial charge in [-0.3, -0.25) is 4.79 Å². The van der Waals surface area contributed by atoms with Crippen molar-refractivity contribution < 1.29 is 14.3 Å². The zero-order valence-electron chi connectivity index (χ0n) is 16.2. The summed E-state index contributed by atoms with van der Waals surface area (Å²) in [4.78, 5) is 13.7. The van der Waals surface area contributed by atoms with E-state index >= 15 is 0 Å². The molecular weight excluding hydrogens is 352 g/mol. The zero-order chi connectivity index (χ0) is 20.1. The van der Waals surface area contributed by atoms with E-state index in [1.807, 2.05) is 48.2 Å². The van der Waals surface area contributed by atoms with Crippen molar-refractivity contribution in [3.63, 3.8) is 0 Å². The highest BCUT2D eigenvalue weighted by molar-refractivity contribution is 5.87. The van der Waals surface area contributed by atoms with E-state index in [2.05, 4.69) is 12.6 Å². The number of carbonyl (C=O) groups is 1. The number of amides is 1. The Morgan fingerprint density at radius 2 is 2.11 bits per heavy atom. The van der Waals surface area contributed by atoms with Gasteiger partial charge in [-0.15, -0.1) is 0 Å². The quantitative estimate of drug-likeness (QED) is 0.735. The van der Waals surface area contributed by atoms with Crippen LogP contribution >= 0.6 is 0 Å². The van der Waals surface area contributed by atoms with Crippen molar-refractivity contribution in [1.29, 1.82) is 5.26 Å². The van der Waals surface area contributed by atoms with E-state index in [0.29, 0.717) is 17.9 Å². The van der Waals surface area contributed by atoms with Gasteiger partial charge < -0.3 is 14.4 Å². The Morgan fingerprint density at radius 1 is 1.32 bits per heavy atom. The van der Waals surface area contributed by atoms with Gasteiger partial charge in [-0.25, -0.2) is 0 Å². The monoisotopic (exact) mass is 376 g/mol. The van der Waals surface area contributed by atoms with Gasteiger partial charge in [0.2, 0.25) is 5.91 Å². The maximum absolute atomic E-state index is 11.9. The Balaban J connectivity index is 1.83. The third-order valence-electron chi connectivity index (χ3n) is 5.04. The van der Waals surface area contributed by atoms with Crippen LogP contribution in [0.15, 0.2) is 55.1 Å². The normalized spacial score (nSPS) is 18.8. The highest BCUT2D eigenvalue weighted by Crippen LogP contribution is 2.34. The van der Waals surface area contributed by atoms with Crippen LogP contribution in [0.5, 0.6) is 11.5 Å². The van der Waals surface area contributed by atoms with Crippen LogP contribution in [0.2, 0.25) is 0 Å². The highest BCUT2D eigenvalue weighted by Gasteiger charge is 2.28. The second-order valence-electron chi connectivity index (χ2n) is 6.91. The van der Waals surface area contributed by atoms with Crippen LogP contribution in [0.1, 0.15) is 25.3 Å². The number of ether oxygens (including phenoxy) is 2. The molecule has 1 aliphatic rings. The van der Waals surface area contributed by atoms with Crippen molar-refractivity contribution in [3.8, 4) is 28.7 Å². The first kappa shape index (κ1) is 19.5. The number of carbonyl (C=O) groups excluding carboxylic acids is 1. The summed E-state index contributed by atoms with van der Waals surface area (Å²) in [6.07, 6.45) is 2.82. The number of nitriles is 1. The Morgan fingerprint density at radius 3 is 2.79 bits per heavy atom. The molecule has 0 bridgehead atoms. The molecule has 0 N–H and O–H groups in total. The predicted molar refractivity (Wildman–Crippen MR) is 108 cm³/mol. The number of hydrogen-bond donors (Lipinski definition) is 0. The summed E-state index contributed by atoms with van der Waals surface area (Å²) >= 11 is 0. The second-order valence-corrected chi connectivity index (χ2v) is 6.91. The predicted octanol–water partition coefficient (Wildman–Crippen LogP) is 4.18. The van der Waals surface area contributed by atoms with E-state index < -0.39 is 0 Å². The van der Waals surface area contributed by atoms with Crippen molar-refractivity contribution in [3.05, 3.63) is 60.7 Å². The maximum Gasteiger partial charge on any atom is 0.246 e. The molecule has 5 heteroatoms. The molecule has 1 amide bonds. The number of likely N-dealkylation sites (tertiary alicyclic amines) is 1. The number of hydrogen-bond acceptors (Lipinski definition) is 4. The summed E-state index contributed by atoms with van der Waals surface area (Å²) < 4.78 is 11.7. The second kappa shape index (κ2) is 8.62. The van der Waals surface area contributed by atoms with Crippen molar-refractivity contribution >= 4 is 5.91 Å². The van der Waals surface area contributed by atoms with Gasteiger partial charge in [-0.1, -0.05) is 24.8 Å². The molecule has 5 nitrogen and oxygen atoms in total. The van der Waals surface area contributed by atoms with Crippen LogP contribution in [0.4, 0.5) is 0 Å². The molecule has 2 aromatic carbocycles. The van der Waals surface area contributed by atoms with Crippen molar-refractivity contribution in [2.24, 2.45) is 0 Å². The molecule has 1 saturated heterocycles. The van der Waals surface area contributed by atoms with Gasteiger partial charge in [0.15, 0.2) is 0 Å². The molecule has 1 heterocycles. The first-order chi connectivity index (χ1) is 13.5. The number of piperidine rings is 1. The van der Waals surface area contributed by atoms with Crippen molar-refractivity contribution in [2.45, 2.75) is 31.9 Å². The van der Waals surface area contributed by atoms with E-state index in [-0.39, 0.29) is 18.1 Å². The van der Waals surface area contributed by atoms with E-state index in [1.54, 1.807) is 13.2 Å². The molecule has 28 heavy (non-hydrogen) atoms. The Labute approximate surface area is 165 Å². The van der Waals surface area contributed by atoms with Gasteiger partial charge in [0, 0.05) is 31.0 Å². The van der Waals surface area contributed by atoms with Gasteiger partial charge >= 0.3 is 0 Å². The number of rotatable bonds is 5. The summed E-state index contributed by atoms with van der Waals surface area (Å²) in [6.45, 7) is 6.22. The third kappa shape index (κ3) is 4.17. The number of nitrogens with zero attached hydrogens (tertiary/aromatic N) is 2. The minimum absolute atomic E-state index is 0.0108. The smallest absolute Gasteiger partial charge is 0.246 e. The van der Waals surface area contributed by atoms with Gasteiger partial charge in [-0.05, 0) is 42.8 Å². The van der Waals surface area contributed by atoms with E-state index in [1.165, 1.54) is 6.08 Å². The fourth-order valence-corrected chi connectivity index (χ4v) is 3.64. The maximum atomic E-state index is 11.9. The van der Waals surface area contributed by atoms with Crippen LogP contribution in [0, 0.1) is 11.3 Å². The summed E-state index contributed by atoms with van der Waals surface area (Å²) in [7, 11) is 1.63. The largest absolute Gasteiger partial charge is 0.496 e. The molecule has 0 radical (unpaired) electrons. The number of benzene rings is 2. The summed E-state index contributed by atoms with van der Waals surface area (Å²) in [5.74, 6) is 1.35. The Bertz CT molecular complexity index is 916. The Hall–Kier alpha value is -3.26.